The molecule has 1 aromatic heterocycles. The highest BCUT2D eigenvalue weighted by Crippen LogP contribution is 2.30. The third-order valence-corrected chi connectivity index (χ3v) is 4.19. The zero-order chi connectivity index (χ0) is 17.9. The third kappa shape index (κ3) is 4.82. The molecule has 0 spiro atoms. The fourth-order valence-corrected chi connectivity index (χ4v) is 2.79. The summed E-state index contributed by atoms with van der Waals surface area (Å²) in [6.45, 7) is 0. The van der Waals surface area contributed by atoms with Gasteiger partial charge < -0.3 is 10.5 Å². The molecule has 1 aromatic carbocycles. The summed E-state index contributed by atoms with van der Waals surface area (Å²) in [6, 6.07) is 9.88. The minimum Gasteiger partial charge on any atom is -0.439 e. The largest absolute Gasteiger partial charge is 0.439 e. The summed E-state index contributed by atoms with van der Waals surface area (Å²) in [5, 5.41) is 0. The normalized spacial score (nSPS) is 18.1. The van der Waals surface area contributed by atoms with Crippen LogP contribution in [0.15, 0.2) is 48.2 Å². The summed E-state index contributed by atoms with van der Waals surface area (Å²) < 4.78 is 43.2. The van der Waals surface area contributed by atoms with Crippen LogP contribution < -0.4 is 10.5 Å². The number of pyridine rings is 1. The molecule has 1 aliphatic rings. The number of ether oxygens (including phenoxy) is 1. The fourth-order valence-electron chi connectivity index (χ4n) is 2.79. The van der Waals surface area contributed by atoms with Crippen LogP contribution in [0.5, 0.6) is 11.6 Å². The third-order valence-electron chi connectivity index (χ3n) is 4.19. The molecule has 1 fully saturated rings. The van der Waals surface area contributed by atoms with E-state index < -0.39 is 11.7 Å². The van der Waals surface area contributed by atoms with E-state index in [2.05, 4.69) is 11.1 Å². The summed E-state index contributed by atoms with van der Waals surface area (Å²) in [4.78, 5) is 3.72. The van der Waals surface area contributed by atoms with E-state index in [0.717, 1.165) is 43.5 Å². The molecule has 3 nitrogen and oxygen atoms in total. The number of allylic oxidation sites excluding steroid dienone is 1. The van der Waals surface area contributed by atoms with Gasteiger partial charge >= 0.3 is 6.18 Å². The molecule has 0 radical (unpaired) electrons. The van der Waals surface area contributed by atoms with Crippen molar-refractivity contribution in [3.63, 3.8) is 0 Å². The summed E-state index contributed by atoms with van der Waals surface area (Å²) in [5.74, 6) is 0.663. The first kappa shape index (κ1) is 17.5. The van der Waals surface area contributed by atoms with Gasteiger partial charge in [-0.25, -0.2) is 4.98 Å². The first-order valence-corrected chi connectivity index (χ1v) is 8.16. The van der Waals surface area contributed by atoms with Gasteiger partial charge in [0.1, 0.15) is 5.75 Å². The Bertz CT molecular complexity index is 744. The second kappa shape index (κ2) is 7.27. The lowest BCUT2D eigenvalue weighted by Gasteiger charge is -2.20. The highest BCUT2D eigenvalue weighted by molar-refractivity contribution is 5.55. The van der Waals surface area contributed by atoms with Crippen molar-refractivity contribution in [1.82, 2.24) is 4.98 Å². The zero-order valence-corrected chi connectivity index (χ0v) is 13.6. The molecule has 132 valence electrons. The van der Waals surface area contributed by atoms with E-state index in [0.29, 0.717) is 5.75 Å². The molecule has 3 rings (SSSR count). The van der Waals surface area contributed by atoms with Gasteiger partial charge in [-0.05, 0) is 49.4 Å². The quantitative estimate of drug-likeness (QED) is 0.832. The SMILES string of the molecule is NC1CCC(=Cc2cccc(Oc3ccc(C(F)(F)F)cn3)c2)CC1. The van der Waals surface area contributed by atoms with Crippen molar-refractivity contribution in [2.45, 2.75) is 37.9 Å². The highest BCUT2D eigenvalue weighted by Gasteiger charge is 2.30. The molecule has 0 saturated heterocycles. The number of rotatable bonds is 3. The molecule has 25 heavy (non-hydrogen) atoms. The Labute approximate surface area is 144 Å². The Hall–Kier alpha value is -2.34. The monoisotopic (exact) mass is 348 g/mol. The van der Waals surface area contributed by atoms with Gasteiger partial charge in [-0.1, -0.05) is 23.8 Å². The summed E-state index contributed by atoms with van der Waals surface area (Å²) in [7, 11) is 0. The zero-order valence-electron chi connectivity index (χ0n) is 13.6. The van der Waals surface area contributed by atoms with Crippen molar-refractivity contribution in [2.24, 2.45) is 5.73 Å². The predicted octanol–water partition coefficient (Wildman–Crippen LogP) is 5.18. The number of nitrogens with two attached hydrogens (primary N) is 1. The number of benzene rings is 1. The van der Waals surface area contributed by atoms with Crippen molar-refractivity contribution in [3.8, 4) is 11.6 Å². The molecule has 1 aliphatic carbocycles. The molecule has 1 saturated carbocycles. The maximum atomic E-state index is 12.6. The van der Waals surface area contributed by atoms with E-state index in [1.165, 1.54) is 11.6 Å². The molecule has 0 unspecified atom stereocenters. The van der Waals surface area contributed by atoms with Crippen molar-refractivity contribution in [3.05, 3.63) is 59.3 Å². The van der Waals surface area contributed by atoms with Gasteiger partial charge in [0, 0.05) is 18.3 Å². The predicted molar refractivity (Wildman–Crippen MR) is 90.2 cm³/mol. The van der Waals surface area contributed by atoms with Gasteiger partial charge in [-0.3, -0.25) is 0 Å². The van der Waals surface area contributed by atoms with Crippen LogP contribution in [0, 0.1) is 0 Å². The fraction of sp³-hybridized carbons (Fsp3) is 0.316. The molecule has 0 atom stereocenters. The Morgan fingerprint density at radius 1 is 1.12 bits per heavy atom. The first-order chi connectivity index (χ1) is 11.9. The minimum atomic E-state index is -4.40. The van der Waals surface area contributed by atoms with Crippen LogP contribution in [-0.2, 0) is 6.18 Å². The minimum absolute atomic E-state index is 0.126. The molecule has 6 heteroatoms. The second-order valence-corrected chi connectivity index (χ2v) is 6.20. The van der Waals surface area contributed by atoms with Gasteiger partial charge in [-0.2, -0.15) is 13.2 Å². The Kier molecular flexibility index (Phi) is 5.08. The number of halogens is 3. The number of hydrogen-bond acceptors (Lipinski definition) is 3. The van der Waals surface area contributed by atoms with Crippen LogP contribution in [0.25, 0.3) is 6.08 Å². The topological polar surface area (TPSA) is 48.1 Å². The van der Waals surface area contributed by atoms with E-state index >= 15 is 0 Å². The van der Waals surface area contributed by atoms with Gasteiger partial charge in [0.05, 0.1) is 5.56 Å². The average molecular weight is 348 g/mol. The lowest BCUT2D eigenvalue weighted by Crippen LogP contribution is -2.23. The Morgan fingerprint density at radius 3 is 2.52 bits per heavy atom. The van der Waals surface area contributed by atoms with Crippen molar-refractivity contribution < 1.29 is 17.9 Å². The molecule has 0 aliphatic heterocycles. The van der Waals surface area contributed by atoms with E-state index in [-0.39, 0.29) is 11.9 Å². The summed E-state index contributed by atoms with van der Waals surface area (Å²) in [5.41, 5.74) is 7.46. The molecular weight excluding hydrogens is 329 g/mol. The van der Waals surface area contributed by atoms with Gasteiger partial charge in [0.25, 0.3) is 0 Å². The van der Waals surface area contributed by atoms with Gasteiger partial charge in [-0.15, -0.1) is 0 Å². The van der Waals surface area contributed by atoms with Crippen LogP contribution in [-0.4, -0.2) is 11.0 Å². The van der Waals surface area contributed by atoms with Gasteiger partial charge in [0.2, 0.25) is 5.88 Å². The lowest BCUT2D eigenvalue weighted by atomic mass is 9.90. The molecular formula is C19H19F3N2O. The molecule has 1 heterocycles. The molecule has 2 aromatic rings. The van der Waals surface area contributed by atoms with Crippen LogP contribution in [0.1, 0.15) is 36.8 Å². The summed E-state index contributed by atoms with van der Waals surface area (Å²) >= 11 is 0. The number of alkyl halides is 3. The van der Waals surface area contributed by atoms with Crippen molar-refractivity contribution >= 4 is 6.08 Å². The molecule has 0 amide bonds. The van der Waals surface area contributed by atoms with E-state index in [9.17, 15) is 13.2 Å². The van der Waals surface area contributed by atoms with E-state index in [1.807, 2.05) is 18.2 Å². The Morgan fingerprint density at radius 2 is 1.88 bits per heavy atom. The van der Waals surface area contributed by atoms with E-state index in [1.54, 1.807) is 6.07 Å². The van der Waals surface area contributed by atoms with Crippen molar-refractivity contribution in [1.29, 1.82) is 0 Å². The molecule has 2 N–H and O–H groups in total. The van der Waals surface area contributed by atoms with Crippen LogP contribution in [0.2, 0.25) is 0 Å². The second-order valence-electron chi connectivity index (χ2n) is 6.20. The van der Waals surface area contributed by atoms with Crippen LogP contribution in [0.4, 0.5) is 13.2 Å². The van der Waals surface area contributed by atoms with E-state index in [4.69, 9.17) is 10.5 Å². The average Bonchev–Trinajstić information content (AvgIpc) is 2.57. The first-order valence-electron chi connectivity index (χ1n) is 8.16. The van der Waals surface area contributed by atoms with Crippen LogP contribution >= 0.6 is 0 Å². The lowest BCUT2D eigenvalue weighted by molar-refractivity contribution is -0.137. The Balaban J connectivity index is 1.70. The van der Waals surface area contributed by atoms with Crippen molar-refractivity contribution in [2.75, 3.05) is 0 Å². The smallest absolute Gasteiger partial charge is 0.417 e. The number of hydrogen-bond donors (Lipinski definition) is 1. The summed E-state index contributed by atoms with van der Waals surface area (Å²) in [6.07, 6.45) is 2.47. The highest BCUT2D eigenvalue weighted by atomic mass is 19.4. The van der Waals surface area contributed by atoms with Crippen LogP contribution in [0.3, 0.4) is 0 Å². The maximum Gasteiger partial charge on any atom is 0.417 e. The standard InChI is InChI=1S/C19H19F3N2O/c20-19(21,22)15-6-9-18(24-12-15)25-17-3-1-2-14(11-17)10-13-4-7-16(23)8-5-13/h1-3,6,9-12,16H,4-5,7-8,23H2. The number of aromatic nitrogens is 1. The number of nitrogens with zero attached hydrogens (tertiary/aromatic N) is 1. The maximum absolute atomic E-state index is 12.6. The van der Waals surface area contributed by atoms with Gasteiger partial charge in [0.15, 0.2) is 0 Å². The molecule has 0 bridgehead atoms.